The van der Waals surface area contributed by atoms with Crippen LogP contribution in [0.15, 0.2) is 23.7 Å². The molecule has 0 amide bonds. The van der Waals surface area contributed by atoms with Crippen LogP contribution in [-0.2, 0) is 6.54 Å². The first kappa shape index (κ1) is 8.68. The molecule has 0 aliphatic heterocycles. The Hall–Kier alpha value is -0.910. The number of anilines is 2. The van der Waals surface area contributed by atoms with Gasteiger partial charge in [-0.05, 0) is 17.5 Å². The van der Waals surface area contributed by atoms with E-state index >= 15 is 0 Å². The average Bonchev–Trinajstić information content (AvgIpc) is 2.76. The smallest absolute Gasteiger partial charge is 0.188 e. The minimum atomic E-state index is 0.559. The Kier molecular flexibility index (Phi) is 2.58. The number of thiazole rings is 1. The summed E-state index contributed by atoms with van der Waals surface area (Å²) in [5.41, 5.74) is 5.48. The van der Waals surface area contributed by atoms with Gasteiger partial charge >= 0.3 is 0 Å². The van der Waals surface area contributed by atoms with Crippen LogP contribution in [0.1, 0.15) is 4.88 Å². The first-order valence-corrected chi connectivity index (χ1v) is 5.53. The van der Waals surface area contributed by atoms with E-state index in [2.05, 4.69) is 10.3 Å². The van der Waals surface area contributed by atoms with Crippen molar-refractivity contribution in [3.63, 3.8) is 0 Å². The SMILES string of the molecule is NCc1cnc(Nc2cccs2)s1. The molecule has 3 N–H and O–H groups in total. The van der Waals surface area contributed by atoms with E-state index in [9.17, 15) is 0 Å². The van der Waals surface area contributed by atoms with Crippen molar-refractivity contribution >= 4 is 32.8 Å². The predicted octanol–water partition coefficient (Wildman–Crippen LogP) is 2.41. The third-order valence-corrected chi connectivity index (χ3v) is 3.23. The number of nitrogens with one attached hydrogen (secondary N) is 1. The minimum Gasteiger partial charge on any atom is -0.326 e. The molecular formula is C8H9N3S2. The van der Waals surface area contributed by atoms with E-state index < -0.39 is 0 Å². The fraction of sp³-hybridized carbons (Fsp3) is 0.125. The fourth-order valence-corrected chi connectivity index (χ4v) is 2.30. The normalized spacial score (nSPS) is 10.2. The molecule has 2 rings (SSSR count). The molecule has 0 atom stereocenters. The molecular weight excluding hydrogens is 202 g/mol. The van der Waals surface area contributed by atoms with Crippen molar-refractivity contribution in [2.24, 2.45) is 5.73 Å². The summed E-state index contributed by atoms with van der Waals surface area (Å²) in [4.78, 5) is 5.29. The summed E-state index contributed by atoms with van der Waals surface area (Å²) in [6.07, 6.45) is 1.81. The van der Waals surface area contributed by atoms with Crippen LogP contribution in [0.5, 0.6) is 0 Å². The van der Waals surface area contributed by atoms with Gasteiger partial charge in [-0.1, -0.05) is 0 Å². The highest BCUT2D eigenvalue weighted by Crippen LogP contribution is 2.24. The highest BCUT2D eigenvalue weighted by molar-refractivity contribution is 7.17. The van der Waals surface area contributed by atoms with E-state index in [-0.39, 0.29) is 0 Å². The lowest BCUT2D eigenvalue weighted by molar-refractivity contribution is 1.10. The largest absolute Gasteiger partial charge is 0.326 e. The summed E-state index contributed by atoms with van der Waals surface area (Å²) in [6.45, 7) is 0.559. The van der Waals surface area contributed by atoms with Crippen molar-refractivity contribution in [2.45, 2.75) is 6.54 Å². The Labute approximate surface area is 84.2 Å². The monoisotopic (exact) mass is 211 g/mol. The topological polar surface area (TPSA) is 50.9 Å². The van der Waals surface area contributed by atoms with Gasteiger partial charge in [-0.2, -0.15) is 0 Å². The fourth-order valence-electron chi connectivity index (χ4n) is 0.915. The second-order valence-electron chi connectivity index (χ2n) is 2.44. The van der Waals surface area contributed by atoms with Crippen LogP contribution in [0.4, 0.5) is 10.1 Å². The second-order valence-corrected chi connectivity index (χ2v) is 4.50. The molecule has 0 fully saturated rings. The molecule has 2 heterocycles. The standard InChI is InChI=1S/C8H9N3S2/c9-4-6-5-10-8(13-6)11-7-2-1-3-12-7/h1-3,5H,4,9H2,(H,10,11). The van der Waals surface area contributed by atoms with Gasteiger partial charge < -0.3 is 11.1 Å². The molecule has 0 unspecified atom stereocenters. The second kappa shape index (κ2) is 3.87. The van der Waals surface area contributed by atoms with E-state index in [0.29, 0.717) is 6.54 Å². The summed E-state index contributed by atoms with van der Waals surface area (Å²) >= 11 is 3.25. The first-order chi connectivity index (χ1) is 6.38. The number of nitrogens with two attached hydrogens (primary N) is 1. The highest BCUT2D eigenvalue weighted by atomic mass is 32.1. The van der Waals surface area contributed by atoms with E-state index in [0.717, 1.165) is 15.0 Å². The molecule has 5 heteroatoms. The van der Waals surface area contributed by atoms with Gasteiger partial charge in [0.15, 0.2) is 5.13 Å². The van der Waals surface area contributed by atoms with Gasteiger partial charge in [-0.15, -0.1) is 22.7 Å². The van der Waals surface area contributed by atoms with Crippen molar-refractivity contribution < 1.29 is 0 Å². The molecule has 0 spiro atoms. The van der Waals surface area contributed by atoms with Crippen LogP contribution in [-0.4, -0.2) is 4.98 Å². The minimum absolute atomic E-state index is 0.559. The molecule has 68 valence electrons. The van der Waals surface area contributed by atoms with Crippen molar-refractivity contribution in [1.29, 1.82) is 0 Å². The average molecular weight is 211 g/mol. The van der Waals surface area contributed by atoms with Gasteiger partial charge in [0.1, 0.15) is 0 Å². The lowest BCUT2D eigenvalue weighted by Gasteiger charge is -1.95. The number of rotatable bonds is 3. The molecule has 0 aromatic carbocycles. The van der Waals surface area contributed by atoms with Gasteiger partial charge in [0.2, 0.25) is 0 Å². The Bertz CT molecular complexity index is 366. The zero-order chi connectivity index (χ0) is 9.10. The van der Waals surface area contributed by atoms with E-state index in [1.165, 1.54) is 0 Å². The van der Waals surface area contributed by atoms with Gasteiger partial charge in [-0.3, -0.25) is 0 Å². The predicted molar refractivity (Wildman–Crippen MR) is 57.6 cm³/mol. The van der Waals surface area contributed by atoms with E-state index in [1.54, 1.807) is 28.9 Å². The maximum absolute atomic E-state index is 5.48. The van der Waals surface area contributed by atoms with Crippen LogP contribution in [0.25, 0.3) is 0 Å². The van der Waals surface area contributed by atoms with Crippen LogP contribution in [0.3, 0.4) is 0 Å². The third-order valence-electron chi connectivity index (χ3n) is 1.51. The lowest BCUT2D eigenvalue weighted by atomic mass is 10.6. The number of nitrogens with zero attached hydrogens (tertiary/aromatic N) is 1. The molecule has 0 bridgehead atoms. The molecule has 2 aromatic rings. The summed E-state index contributed by atoms with van der Waals surface area (Å²) in [5.74, 6) is 0. The van der Waals surface area contributed by atoms with Crippen LogP contribution >= 0.6 is 22.7 Å². The van der Waals surface area contributed by atoms with Gasteiger partial charge in [0.05, 0.1) is 5.00 Å². The number of hydrogen-bond acceptors (Lipinski definition) is 5. The van der Waals surface area contributed by atoms with E-state index in [4.69, 9.17) is 5.73 Å². The summed E-state index contributed by atoms with van der Waals surface area (Å²) < 4.78 is 0. The summed E-state index contributed by atoms with van der Waals surface area (Å²) in [6, 6.07) is 4.03. The molecule has 0 aliphatic rings. The summed E-state index contributed by atoms with van der Waals surface area (Å²) in [5, 5.41) is 7.25. The maximum atomic E-state index is 5.48. The van der Waals surface area contributed by atoms with Gasteiger partial charge in [-0.25, -0.2) is 4.98 Å². The lowest BCUT2D eigenvalue weighted by Crippen LogP contribution is -1.91. The molecule has 0 saturated heterocycles. The van der Waals surface area contributed by atoms with Crippen molar-refractivity contribution in [2.75, 3.05) is 5.32 Å². The molecule has 0 saturated carbocycles. The zero-order valence-corrected chi connectivity index (χ0v) is 8.49. The number of thiophene rings is 1. The molecule has 2 aromatic heterocycles. The molecule has 13 heavy (non-hydrogen) atoms. The highest BCUT2D eigenvalue weighted by Gasteiger charge is 2.00. The zero-order valence-electron chi connectivity index (χ0n) is 6.86. The van der Waals surface area contributed by atoms with Crippen LogP contribution < -0.4 is 11.1 Å². The van der Waals surface area contributed by atoms with Crippen LogP contribution in [0.2, 0.25) is 0 Å². The van der Waals surface area contributed by atoms with Gasteiger partial charge in [0, 0.05) is 17.6 Å². The van der Waals surface area contributed by atoms with Crippen LogP contribution in [0, 0.1) is 0 Å². The number of aromatic nitrogens is 1. The van der Waals surface area contributed by atoms with Gasteiger partial charge in [0.25, 0.3) is 0 Å². The summed E-state index contributed by atoms with van der Waals surface area (Å²) in [7, 11) is 0. The Morgan fingerprint density at radius 2 is 2.46 bits per heavy atom. The molecule has 3 nitrogen and oxygen atoms in total. The Morgan fingerprint density at radius 3 is 3.08 bits per heavy atom. The maximum Gasteiger partial charge on any atom is 0.188 e. The van der Waals surface area contributed by atoms with Crippen molar-refractivity contribution in [1.82, 2.24) is 4.98 Å². The van der Waals surface area contributed by atoms with Crippen molar-refractivity contribution in [3.8, 4) is 0 Å². The molecule has 0 radical (unpaired) electrons. The molecule has 0 aliphatic carbocycles. The van der Waals surface area contributed by atoms with Crippen molar-refractivity contribution in [3.05, 3.63) is 28.6 Å². The first-order valence-electron chi connectivity index (χ1n) is 3.84. The quantitative estimate of drug-likeness (QED) is 0.819. The Morgan fingerprint density at radius 1 is 1.54 bits per heavy atom. The van der Waals surface area contributed by atoms with E-state index in [1.807, 2.05) is 17.5 Å². The number of hydrogen-bond donors (Lipinski definition) is 2. The Balaban J connectivity index is 2.10. The third kappa shape index (κ3) is 2.06.